The van der Waals surface area contributed by atoms with E-state index >= 15 is 0 Å². The molecule has 0 aliphatic carbocycles. The molecule has 0 aliphatic rings. The van der Waals surface area contributed by atoms with Gasteiger partial charge in [-0.05, 0) is 42.8 Å². The molecule has 1 heterocycles. The van der Waals surface area contributed by atoms with Crippen molar-refractivity contribution in [1.82, 2.24) is 9.55 Å². The van der Waals surface area contributed by atoms with Crippen molar-refractivity contribution >= 4 is 46.7 Å². The van der Waals surface area contributed by atoms with Crippen LogP contribution in [-0.4, -0.2) is 14.5 Å². The highest BCUT2D eigenvalue weighted by molar-refractivity contribution is 6.32. The van der Waals surface area contributed by atoms with Crippen molar-refractivity contribution in [1.29, 1.82) is 0 Å². The predicted octanol–water partition coefficient (Wildman–Crippen LogP) is 5.26. The lowest BCUT2D eigenvalue weighted by Gasteiger charge is -2.00. The normalized spacial score (nSPS) is 11.8. The van der Waals surface area contributed by atoms with Crippen LogP contribution >= 0.6 is 11.6 Å². The zero-order valence-electron chi connectivity index (χ0n) is 12.9. The second kappa shape index (κ2) is 6.68. The molecule has 3 aromatic rings. The summed E-state index contributed by atoms with van der Waals surface area (Å²) in [5.74, 6) is 0.719. The van der Waals surface area contributed by atoms with Gasteiger partial charge in [0, 0.05) is 23.4 Å². The molecule has 0 bridgehead atoms. The number of nitrogens with zero attached hydrogens (tertiary/aromatic N) is 3. The number of nitro groups is 1. The van der Waals surface area contributed by atoms with Crippen LogP contribution in [0.1, 0.15) is 18.3 Å². The number of fused-ring (bicyclic) bond motifs is 1. The number of imidazole rings is 1. The van der Waals surface area contributed by atoms with Gasteiger partial charge < -0.3 is 0 Å². The minimum absolute atomic E-state index is 0.000932. The van der Waals surface area contributed by atoms with Crippen LogP contribution < -0.4 is 0 Å². The van der Waals surface area contributed by atoms with E-state index in [1.54, 1.807) is 12.2 Å². The molecule has 0 radical (unpaired) electrons. The molecule has 0 fully saturated rings. The van der Waals surface area contributed by atoms with E-state index in [9.17, 15) is 10.1 Å². The first-order valence-electron chi connectivity index (χ1n) is 7.32. The van der Waals surface area contributed by atoms with E-state index in [0.29, 0.717) is 10.6 Å². The van der Waals surface area contributed by atoms with Gasteiger partial charge in [-0.2, -0.15) is 0 Å². The number of hydrogen-bond acceptors (Lipinski definition) is 3. The van der Waals surface area contributed by atoms with Crippen molar-refractivity contribution < 1.29 is 4.92 Å². The first-order chi connectivity index (χ1) is 11.6. The Morgan fingerprint density at radius 3 is 2.75 bits per heavy atom. The first kappa shape index (κ1) is 16.0. The van der Waals surface area contributed by atoms with Crippen molar-refractivity contribution in [2.45, 2.75) is 6.92 Å². The largest absolute Gasteiger partial charge is 0.300 e. The number of nitro benzene ring substituents is 1. The molecule has 3 rings (SSSR count). The van der Waals surface area contributed by atoms with E-state index in [1.807, 2.05) is 48.0 Å². The smallest absolute Gasteiger partial charge is 0.270 e. The maximum atomic E-state index is 10.9. The molecule has 5 nitrogen and oxygen atoms in total. The van der Waals surface area contributed by atoms with Gasteiger partial charge in [-0.1, -0.05) is 29.8 Å². The van der Waals surface area contributed by atoms with Crippen LogP contribution in [0.4, 0.5) is 5.69 Å². The summed E-state index contributed by atoms with van der Waals surface area (Å²) in [6.45, 7) is 1.93. The Morgan fingerprint density at radius 1 is 1.21 bits per heavy atom. The highest BCUT2D eigenvalue weighted by Gasteiger charge is 2.09. The van der Waals surface area contributed by atoms with Crippen molar-refractivity contribution in [3.8, 4) is 0 Å². The summed E-state index contributed by atoms with van der Waals surface area (Å²) in [5.41, 5.74) is 2.44. The number of benzene rings is 2. The summed E-state index contributed by atoms with van der Waals surface area (Å²) in [4.78, 5) is 15.0. The van der Waals surface area contributed by atoms with Crippen LogP contribution in [0.5, 0.6) is 0 Å². The van der Waals surface area contributed by atoms with E-state index in [-0.39, 0.29) is 5.69 Å². The number of non-ortho nitro benzene ring substituents is 1. The molecule has 0 amide bonds. The number of allylic oxidation sites excluding steroid dienone is 1. The molecule has 24 heavy (non-hydrogen) atoms. The summed E-state index contributed by atoms with van der Waals surface area (Å²) in [5, 5.41) is 11.4. The molecule has 0 spiro atoms. The average molecular weight is 340 g/mol. The van der Waals surface area contributed by atoms with Gasteiger partial charge in [0.25, 0.3) is 5.69 Å². The first-order valence-corrected chi connectivity index (χ1v) is 7.70. The SMILES string of the molecule is C/C=C\n1c(/C=C/c2cc([N+](=O)[O-])ccc2Cl)nc2ccccc21. The average Bonchev–Trinajstić information content (AvgIpc) is 2.92. The van der Waals surface area contributed by atoms with E-state index in [0.717, 1.165) is 16.9 Å². The molecule has 0 atom stereocenters. The van der Waals surface area contributed by atoms with E-state index in [1.165, 1.54) is 18.2 Å². The monoisotopic (exact) mass is 339 g/mol. The number of aromatic nitrogens is 2. The van der Waals surface area contributed by atoms with Crippen molar-refractivity contribution in [2.75, 3.05) is 0 Å². The molecule has 0 saturated heterocycles. The van der Waals surface area contributed by atoms with Gasteiger partial charge in [0.2, 0.25) is 0 Å². The molecule has 0 N–H and O–H groups in total. The summed E-state index contributed by atoms with van der Waals surface area (Å²) in [6, 6.07) is 12.2. The molecule has 120 valence electrons. The number of halogens is 1. The Bertz CT molecular complexity index is 974. The lowest BCUT2D eigenvalue weighted by atomic mass is 10.2. The van der Waals surface area contributed by atoms with Crippen LogP contribution in [0.25, 0.3) is 29.4 Å². The van der Waals surface area contributed by atoms with Gasteiger partial charge in [0.15, 0.2) is 0 Å². The van der Waals surface area contributed by atoms with E-state index in [4.69, 9.17) is 11.6 Å². The van der Waals surface area contributed by atoms with Gasteiger partial charge in [-0.15, -0.1) is 0 Å². The quantitative estimate of drug-likeness (QED) is 0.481. The zero-order valence-corrected chi connectivity index (χ0v) is 13.6. The number of hydrogen-bond donors (Lipinski definition) is 0. The molecular formula is C18H14ClN3O2. The Labute approximate surface area is 143 Å². The molecule has 0 aliphatic heterocycles. The minimum Gasteiger partial charge on any atom is -0.300 e. The third-order valence-corrected chi connectivity index (χ3v) is 3.87. The highest BCUT2D eigenvalue weighted by atomic mass is 35.5. The van der Waals surface area contributed by atoms with Gasteiger partial charge >= 0.3 is 0 Å². The second-order valence-corrected chi connectivity index (χ2v) is 5.51. The lowest BCUT2D eigenvalue weighted by Crippen LogP contribution is -1.90. The fourth-order valence-corrected chi connectivity index (χ4v) is 2.60. The molecule has 0 saturated carbocycles. The van der Waals surface area contributed by atoms with E-state index in [2.05, 4.69) is 4.98 Å². The summed E-state index contributed by atoms with van der Waals surface area (Å²) in [6.07, 6.45) is 7.37. The second-order valence-electron chi connectivity index (χ2n) is 5.11. The van der Waals surface area contributed by atoms with Crippen LogP contribution in [0.3, 0.4) is 0 Å². The highest BCUT2D eigenvalue weighted by Crippen LogP contribution is 2.25. The topological polar surface area (TPSA) is 61.0 Å². The maximum absolute atomic E-state index is 10.9. The lowest BCUT2D eigenvalue weighted by molar-refractivity contribution is -0.384. The molecule has 1 aromatic heterocycles. The Hall–Kier alpha value is -2.92. The number of rotatable bonds is 4. The minimum atomic E-state index is -0.442. The Balaban J connectivity index is 2.07. The molecule has 0 unspecified atom stereocenters. The fourth-order valence-electron chi connectivity index (χ4n) is 2.42. The summed E-state index contributed by atoms with van der Waals surface area (Å²) >= 11 is 6.13. The third kappa shape index (κ3) is 3.07. The van der Waals surface area contributed by atoms with Crippen LogP contribution in [0, 0.1) is 10.1 Å². The standard InChI is InChI=1S/C18H14ClN3O2/c1-2-11-21-17-6-4-3-5-16(17)20-18(21)10-7-13-12-14(22(23)24)8-9-15(13)19/h2-12H,1H3/b10-7+,11-2-. The number of para-hydroxylation sites is 2. The summed E-state index contributed by atoms with van der Waals surface area (Å²) in [7, 11) is 0. The van der Waals surface area contributed by atoms with Gasteiger partial charge in [-0.3, -0.25) is 14.7 Å². The predicted molar refractivity (Wildman–Crippen MR) is 97.8 cm³/mol. The van der Waals surface area contributed by atoms with Gasteiger partial charge in [-0.25, -0.2) is 4.98 Å². The molecule has 6 heteroatoms. The van der Waals surface area contributed by atoms with E-state index < -0.39 is 4.92 Å². The van der Waals surface area contributed by atoms with Crippen molar-refractivity contribution in [2.24, 2.45) is 0 Å². The summed E-state index contributed by atoms with van der Waals surface area (Å²) < 4.78 is 1.96. The fraction of sp³-hybridized carbons (Fsp3) is 0.0556. The van der Waals surface area contributed by atoms with Gasteiger partial charge in [0.05, 0.1) is 16.0 Å². The van der Waals surface area contributed by atoms with Crippen molar-refractivity contribution in [3.05, 3.63) is 75.1 Å². The van der Waals surface area contributed by atoms with Crippen LogP contribution in [0.2, 0.25) is 5.02 Å². The maximum Gasteiger partial charge on any atom is 0.270 e. The Kier molecular flexibility index (Phi) is 4.44. The van der Waals surface area contributed by atoms with Crippen molar-refractivity contribution in [3.63, 3.8) is 0 Å². The molecular weight excluding hydrogens is 326 g/mol. The zero-order chi connectivity index (χ0) is 17.1. The third-order valence-electron chi connectivity index (χ3n) is 3.52. The van der Waals surface area contributed by atoms with Crippen LogP contribution in [0.15, 0.2) is 48.5 Å². The van der Waals surface area contributed by atoms with Crippen LogP contribution in [-0.2, 0) is 0 Å². The molecule has 2 aromatic carbocycles. The van der Waals surface area contributed by atoms with Gasteiger partial charge in [0.1, 0.15) is 5.82 Å². The Morgan fingerprint density at radius 2 is 2.00 bits per heavy atom.